The third-order valence-electron chi connectivity index (χ3n) is 4.15. The summed E-state index contributed by atoms with van der Waals surface area (Å²) in [5.74, 6) is 0.319. The van der Waals surface area contributed by atoms with Gasteiger partial charge in [0.1, 0.15) is 11.3 Å². The topological polar surface area (TPSA) is 83.7 Å². The van der Waals surface area contributed by atoms with Gasteiger partial charge >= 0.3 is 0 Å². The third kappa shape index (κ3) is 2.94. The molecule has 0 atom stereocenters. The van der Waals surface area contributed by atoms with E-state index >= 15 is 0 Å². The number of rotatable bonds is 3. The molecule has 0 spiro atoms. The van der Waals surface area contributed by atoms with E-state index < -0.39 is 10.0 Å². The Bertz CT molecular complexity index is 818. The minimum atomic E-state index is -3.52. The monoisotopic (exact) mass is 349 g/mol. The lowest BCUT2D eigenvalue weighted by atomic mass is 10.1. The zero-order chi connectivity index (χ0) is 17.3. The Morgan fingerprint density at radius 3 is 2.25 bits per heavy atom. The van der Waals surface area contributed by atoms with Crippen LogP contribution in [0.2, 0.25) is 0 Å². The minimum Gasteiger partial charge on any atom is -0.361 e. The van der Waals surface area contributed by atoms with Crippen molar-refractivity contribution in [3.8, 4) is 0 Å². The second kappa shape index (κ2) is 6.37. The van der Waals surface area contributed by atoms with Crippen LogP contribution in [0.25, 0.3) is 0 Å². The van der Waals surface area contributed by atoms with Gasteiger partial charge in [-0.3, -0.25) is 4.79 Å². The van der Waals surface area contributed by atoms with Gasteiger partial charge in [0.25, 0.3) is 5.91 Å². The van der Waals surface area contributed by atoms with Gasteiger partial charge in [-0.15, -0.1) is 0 Å². The molecule has 7 nitrogen and oxygen atoms in total. The van der Waals surface area contributed by atoms with Crippen LogP contribution in [0.5, 0.6) is 0 Å². The molecule has 2 heterocycles. The predicted molar refractivity (Wildman–Crippen MR) is 87.1 cm³/mol. The number of aromatic nitrogens is 1. The number of carbonyl (C=O) groups is 1. The van der Waals surface area contributed by atoms with Crippen LogP contribution in [0.3, 0.4) is 0 Å². The molecule has 8 heteroatoms. The zero-order valence-corrected chi connectivity index (χ0v) is 14.4. The van der Waals surface area contributed by atoms with Crippen molar-refractivity contribution in [2.24, 2.45) is 0 Å². The van der Waals surface area contributed by atoms with Gasteiger partial charge in [-0.1, -0.05) is 23.4 Å². The smallest absolute Gasteiger partial charge is 0.259 e. The Kier molecular flexibility index (Phi) is 4.42. The fourth-order valence-corrected chi connectivity index (χ4v) is 4.26. The molecular formula is C16H19N3O4S. The first kappa shape index (κ1) is 16.7. The number of hydrogen-bond donors (Lipinski definition) is 0. The van der Waals surface area contributed by atoms with Crippen molar-refractivity contribution in [1.82, 2.24) is 14.4 Å². The first-order valence-electron chi connectivity index (χ1n) is 7.68. The van der Waals surface area contributed by atoms with Gasteiger partial charge in [0.15, 0.2) is 0 Å². The molecule has 2 aromatic rings. The highest BCUT2D eigenvalue weighted by molar-refractivity contribution is 7.89. The normalized spacial score (nSPS) is 16.3. The summed E-state index contributed by atoms with van der Waals surface area (Å²) in [7, 11) is -3.52. The number of benzene rings is 1. The molecule has 0 bridgehead atoms. The van der Waals surface area contributed by atoms with Crippen LogP contribution in [0, 0.1) is 13.8 Å². The quantitative estimate of drug-likeness (QED) is 0.837. The van der Waals surface area contributed by atoms with Gasteiger partial charge in [-0.2, -0.15) is 4.31 Å². The maximum absolute atomic E-state index is 12.6. The molecule has 1 aromatic carbocycles. The molecule has 1 saturated heterocycles. The molecule has 1 fully saturated rings. The molecular weight excluding hydrogens is 330 g/mol. The summed E-state index contributed by atoms with van der Waals surface area (Å²) in [6.45, 7) is 4.64. The van der Waals surface area contributed by atoms with Crippen LogP contribution in [0.1, 0.15) is 21.8 Å². The summed E-state index contributed by atoms with van der Waals surface area (Å²) in [5.41, 5.74) is 1.02. The summed E-state index contributed by atoms with van der Waals surface area (Å²) in [6.07, 6.45) is 0. The molecule has 24 heavy (non-hydrogen) atoms. The van der Waals surface area contributed by atoms with Gasteiger partial charge in [-0.05, 0) is 26.0 Å². The summed E-state index contributed by atoms with van der Waals surface area (Å²) >= 11 is 0. The van der Waals surface area contributed by atoms with E-state index in [0.29, 0.717) is 30.1 Å². The number of amides is 1. The highest BCUT2D eigenvalue weighted by Crippen LogP contribution is 2.20. The van der Waals surface area contributed by atoms with Crippen molar-refractivity contribution in [2.45, 2.75) is 18.7 Å². The van der Waals surface area contributed by atoms with E-state index in [2.05, 4.69) is 5.16 Å². The molecule has 1 aliphatic rings. The molecule has 1 amide bonds. The van der Waals surface area contributed by atoms with Crippen molar-refractivity contribution >= 4 is 15.9 Å². The minimum absolute atomic E-state index is 0.164. The molecule has 0 unspecified atom stereocenters. The molecule has 0 radical (unpaired) electrons. The van der Waals surface area contributed by atoms with E-state index in [1.165, 1.54) is 4.31 Å². The van der Waals surface area contributed by atoms with Crippen molar-refractivity contribution in [3.05, 3.63) is 47.3 Å². The van der Waals surface area contributed by atoms with Crippen molar-refractivity contribution in [2.75, 3.05) is 26.2 Å². The van der Waals surface area contributed by atoms with Crippen LogP contribution >= 0.6 is 0 Å². The molecule has 1 aromatic heterocycles. The maximum Gasteiger partial charge on any atom is 0.259 e. The van der Waals surface area contributed by atoms with E-state index in [4.69, 9.17) is 4.52 Å². The number of sulfonamides is 1. The standard InChI is InChI=1S/C16H19N3O4S/c1-12-15(13(2)23-17-12)16(20)18-8-10-19(11-9-18)24(21,22)14-6-4-3-5-7-14/h3-7H,8-11H2,1-2H3. The zero-order valence-electron chi connectivity index (χ0n) is 13.6. The van der Waals surface area contributed by atoms with Crippen LogP contribution < -0.4 is 0 Å². The van der Waals surface area contributed by atoms with Crippen molar-refractivity contribution < 1.29 is 17.7 Å². The van der Waals surface area contributed by atoms with Gasteiger partial charge in [-0.25, -0.2) is 8.42 Å². The third-order valence-corrected chi connectivity index (χ3v) is 6.07. The highest BCUT2D eigenvalue weighted by atomic mass is 32.2. The number of hydrogen-bond acceptors (Lipinski definition) is 5. The first-order valence-corrected chi connectivity index (χ1v) is 9.12. The van der Waals surface area contributed by atoms with Gasteiger partial charge < -0.3 is 9.42 Å². The van der Waals surface area contributed by atoms with Crippen molar-refractivity contribution in [3.63, 3.8) is 0 Å². The van der Waals surface area contributed by atoms with Gasteiger partial charge in [0.05, 0.1) is 10.6 Å². The first-order chi connectivity index (χ1) is 11.4. The van der Waals surface area contributed by atoms with Crippen LogP contribution in [0.15, 0.2) is 39.8 Å². The van der Waals surface area contributed by atoms with E-state index in [9.17, 15) is 13.2 Å². The summed E-state index contributed by atoms with van der Waals surface area (Å²) in [4.78, 5) is 14.5. The lowest BCUT2D eigenvalue weighted by Crippen LogP contribution is -2.50. The fraction of sp³-hybridized carbons (Fsp3) is 0.375. The maximum atomic E-state index is 12.6. The Morgan fingerprint density at radius 1 is 1.08 bits per heavy atom. The molecule has 0 aliphatic carbocycles. The van der Waals surface area contributed by atoms with Crippen LogP contribution in [-0.2, 0) is 10.0 Å². The Balaban J connectivity index is 1.71. The predicted octanol–water partition coefficient (Wildman–Crippen LogP) is 1.44. The Hall–Kier alpha value is -2.19. The number of nitrogens with zero attached hydrogens (tertiary/aromatic N) is 3. The Labute approximate surface area is 140 Å². The van der Waals surface area contributed by atoms with Crippen molar-refractivity contribution in [1.29, 1.82) is 0 Å². The van der Waals surface area contributed by atoms with Gasteiger partial charge in [0.2, 0.25) is 10.0 Å². The summed E-state index contributed by atoms with van der Waals surface area (Å²) in [6, 6.07) is 8.33. The Morgan fingerprint density at radius 2 is 1.71 bits per heavy atom. The molecule has 3 rings (SSSR count). The number of aryl methyl sites for hydroxylation is 2. The van der Waals surface area contributed by atoms with E-state index in [0.717, 1.165) is 0 Å². The highest BCUT2D eigenvalue weighted by Gasteiger charge is 2.31. The molecule has 128 valence electrons. The summed E-state index contributed by atoms with van der Waals surface area (Å²) < 4.78 is 31.6. The van der Waals surface area contributed by atoms with E-state index in [1.54, 1.807) is 49.1 Å². The SMILES string of the molecule is Cc1noc(C)c1C(=O)N1CCN(S(=O)(=O)c2ccccc2)CC1. The second-order valence-corrected chi connectivity index (χ2v) is 7.65. The average Bonchev–Trinajstić information content (AvgIpc) is 2.94. The molecule has 0 N–H and O–H groups in total. The van der Waals surface area contributed by atoms with Crippen LogP contribution in [-0.4, -0.2) is 54.9 Å². The number of piperazine rings is 1. The summed E-state index contributed by atoms with van der Waals surface area (Å²) in [5, 5.41) is 3.80. The lowest BCUT2D eigenvalue weighted by molar-refractivity contribution is 0.0695. The second-order valence-electron chi connectivity index (χ2n) is 5.71. The van der Waals surface area contributed by atoms with E-state index in [-0.39, 0.29) is 23.9 Å². The molecule has 0 saturated carbocycles. The van der Waals surface area contributed by atoms with Crippen LogP contribution in [0.4, 0.5) is 0 Å². The van der Waals surface area contributed by atoms with E-state index in [1.807, 2.05) is 0 Å². The average molecular weight is 349 g/mol. The fourth-order valence-electron chi connectivity index (χ4n) is 2.82. The molecule has 1 aliphatic heterocycles. The number of carbonyl (C=O) groups excluding carboxylic acids is 1. The lowest BCUT2D eigenvalue weighted by Gasteiger charge is -2.34. The largest absolute Gasteiger partial charge is 0.361 e. The van der Waals surface area contributed by atoms with Gasteiger partial charge in [0, 0.05) is 26.2 Å².